The number of nitrogens with zero attached hydrogens (tertiary/aromatic N) is 1. The quantitative estimate of drug-likeness (QED) is 0.667. The van der Waals surface area contributed by atoms with Gasteiger partial charge in [-0.3, -0.25) is 0 Å². The number of hydrogen-bond donors (Lipinski definition) is 1. The molecule has 21 heavy (non-hydrogen) atoms. The lowest BCUT2D eigenvalue weighted by Gasteiger charge is -2.39. The SMILES string of the molecule is CCCC(C)(CNCC(C)C)CN1CCC(OCC)CC1. The molecule has 0 spiro atoms. The first-order valence-electron chi connectivity index (χ1n) is 9.03. The summed E-state index contributed by atoms with van der Waals surface area (Å²) in [7, 11) is 0. The van der Waals surface area contributed by atoms with Gasteiger partial charge < -0.3 is 15.0 Å². The Morgan fingerprint density at radius 3 is 2.43 bits per heavy atom. The fraction of sp³-hybridized carbons (Fsp3) is 1.00. The molecule has 0 bridgehead atoms. The van der Waals surface area contributed by atoms with E-state index in [2.05, 4.69) is 44.8 Å². The molecule has 1 atom stereocenters. The minimum Gasteiger partial charge on any atom is -0.378 e. The molecule has 1 aliphatic rings. The molecule has 3 heteroatoms. The lowest BCUT2D eigenvalue weighted by molar-refractivity contribution is 0.00439. The van der Waals surface area contributed by atoms with Crippen molar-refractivity contribution in [3.05, 3.63) is 0 Å². The van der Waals surface area contributed by atoms with Gasteiger partial charge in [0.15, 0.2) is 0 Å². The molecule has 1 heterocycles. The predicted octanol–water partition coefficient (Wildman–Crippen LogP) is 3.54. The third-order valence-corrected chi connectivity index (χ3v) is 4.50. The fourth-order valence-electron chi connectivity index (χ4n) is 3.50. The van der Waals surface area contributed by atoms with Crippen LogP contribution in [0.3, 0.4) is 0 Å². The molecule has 0 amide bonds. The van der Waals surface area contributed by atoms with Crippen LogP contribution in [0.15, 0.2) is 0 Å². The average molecular weight is 299 g/mol. The van der Waals surface area contributed by atoms with Gasteiger partial charge in [-0.1, -0.05) is 34.1 Å². The van der Waals surface area contributed by atoms with Crippen LogP contribution in [-0.4, -0.2) is 50.3 Å². The number of rotatable bonds is 10. The van der Waals surface area contributed by atoms with Crippen LogP contribution in [0.2, 0.25) is 0 Å². The molecule has 0 radical (unpaired) electrons. The fourth-order valence-corrected chi connectivity index (χ4v) is 3.50. The highest BCUT2D eigenvalue weighted by Gasteiger charge is 2.28. The van der Waals surface area contributed by atoms with E-state index in [1.54, 1.807) is 0 Å². The molecule has 126 valence electrons. The molecule has 1 unspecified atom stereocenters. The van der Waals surface area contributed by atoms with Crippen LogP contribution in [0.5, 0.6) is 0 Å². The smallest absolute Gasteiger partial charge is 0.0599 e. The number of ether oxygens (including phenoxy) is 1. The van der Waals surface area contributed by atoms with Crippen LogP contribution < -0.4 is 5.32 Å². The van der Waals surface area contributed by atoms with Crippen molar-refractivity contribution in [2.45, 2.75) is 66.4 Å². The molecule has 0 saturated carbocycles. The molecule has 1 aliphatic heterocycles. The van der Waals surface area contributed by atoms with E-state index in [0.717, 1.165) is 25.6 Å². The Morgan fingerprint density at radius 2 is 1.90 bits per heavy atom. The van der Waals surface area contributed by atoms with Gasteiger partial charge in [0.1, 0.15) is 0 Å². The maximum absolute atomic E-state index is 5.76. The van der Waals surface area contributed by atoms with Crippen molar-refractivity contribution in [1.29, 1.82) is 0 Å². The second-order valence-corrected chi connectivity index (χ2v) is 7.52. The molecule has 1 saturated heterocycles. The van der Waals surface area contributed by atoms with Gasteiger partial charge in [-0.05, 0) is 44.1 Å². The maximum Gasteiger partial charge on any atom is 0.0599 e. The molecule has 0 aromatic carbocycles. The first-order valence-corrected chi connectivity index (χ1v) is 9.03. The van der Waals surface area contributed by atoms with E-state index < -0.39 is 0 Å². The van der Waals surface area contributed by atoms with Crippen LogP contribution in [0.1, 0.15) is 60.3 Å². The van der Waals surface area contributed by atoms with Gasteiger partial charge in [0.2, 0.25) is 0 Å². The van der Waals surface area contributed by atoms with Crippen LogP contribution in [-0.2, 0) is 4.74 Å². The summed E-state index contributed by atoms with van der Waals surface area (Å²) < 4.78 is 5.76. The highest BCUT2D eigenvalue weighted by Crippen LogP contribution is 2.26. The summed E-state index contributed by atoms with van der Waals surface area (Å²) in [5.74, 6) is 0.734. The zero-order chi connectivity index (χ0) is 15.7. The van der Waals surface area contributed by atoms with Crippen molar-refractivity contribution in [1.82, 2.24) is 10.2 Å². The minimum atomic E-state index is 0.405. The van der Waals surface area contributed by atoms with Crippen molar-refractivity contribution in [3.63, 3.8) is 0 Å². The average Bonchev–Trinajstić information content (AvgIpc) is 2.41. The van der Waals surface area contributed by atoms with E-state index in [1.807, 2.05) is 0 Å². The van der Waals surface area contributed by atoms with E-state index in [0.29, 0.717) is 11.5 Å². The molecule has 1 fully saturated rings. The first-order chi connectivity index (χ1) is 9.99. The Labute approximate surface area is 132 Å². The lowest BCUT2D eigenvalue weighted by atomic mass is 9.84. The summed E-state index contributed by atoms with van der Waals surface area (Å²) in [4.78, 5) is 2.65. The van der Waals surface area contributed by atoms with Crippen LogP contribution >= 0.6 is 0 Å². The van der Waals surface area contributed by atoms with Crippen LogP contribution in [0, 0.1) is 11.3 Å². The summed E-state index contributed by atoms with van der Waals surface area (Å²) >= 11 is 0. The van der Waals surface area contributed by atoms with E-state index in [4.69, 9.17) is 4.74 Å². The van der Waals surface area contributed by atoms with Gasteiger partial charge in [0, 0.05) is 32.8 Å². The number of likely N-dealkylation sites (tertiary alicyclic amines) is 1. The second kappa shape index (κ2) is 9.81. The monoisotopic (exact) mass is 298 g/mol. The van der Waals surface area contributed by atoms with Gasteiger partial charge in [-0.2, -0.15) is 0 Å². The normalized spacial score (nSPS) is 20.9. The number of nitrogens with one attached hydrogen (secondary N) is 1. The third kappa shape index (κ3) is 7.62. The third-order valence-electron chi connectivity index (χ3n) is 4.50. The van der Waals surface area contributed by atoms with Gasteiger partial charge in [0.05, 0.1) is 6.10 Å². The summed E-state index contributed by atoms with van der Waals surface area (Å²) in [6.07, 6.45) is 5.49. The van der Waals surface area contributed by atoms with Crippen molar-refractivity contribution >= 4 is 0 Å². The van der Waals surface area contributed by atoms with E-state index in [-0.39, 0.29) is 0 Å². The minimum absolute atomic E-state index is 0.405. The predicted molar refractivity (Wildman–Crippen MR) is 91.8 cm³/mol. The maximum atomic E-state index is 5.76. The molecular formula is C18H38N2O. The molecule has 0 aliphatic carbocycles. The zero-order valence-electron chi connectivity index (χ0n) is 15.1. The van der Waals surface area contributed by atoms with Crippen molar-refractivity contribution in [2.75, 3.05) is 39.3 Å². The van der Waals surface area contributed by atoms with Gasteiger partial charge in [-0.15, -0.1) is 0 Å². The van der Waals surface area contributed by atoms with Crippen LogP contribution in [0.25, 0.3) is 0 Å². The van der Waals surface area contributed by atoms with Gasteiger partial charge >= 0.3 is 0 Å². The Bertz CT molecular complexity index is 262. The Morgan fingerprint density at radius 1 is 1.24 bits per heavy atom. The second-order valence-electron chi connectivity index (χ2n) is 7.52. The number of hydrogen-bond acceptors (Lipinski definition) is 3. The number of piperidine rings is 1. The molecule has 1 rings (SSSR count). The zero-order valence-corrected chi connectivity index (χ0v) is 15.1. The molecule has 0 aromatic heterocycles. The largest absolute Gasteiger partial charge is 0.378 e. The molecule has 3 nitrogen and oxygen atoms in total. The Balaban J connectivity index is 2.39. The summed E-state index contributed by atoms with van der Waals surface area (Å²) in [5.41, 5.74) is 0.405. The van der Waals surface area contributed by atoms with Crippen molar-refractivity contribution < 1.29 is 4.74 Å². The van der Waals surface area contributed by atoms with Crippen LogP contribution in [0.4, 0.5) is 0 Å². The van der Waals surface area contributed by atoms with Crippen molar-refractivity contribution in [2.24, 2.45) is 11.3 Å². The topological polar surface area (TPSA) is 24.5 Å². The first kappa shape index (κ1) is 18.9. The van der Waals surface area contributed by atoms with E-state index in [1.165, 1.54) is 45.3 Å². The lowest BCUT2D eigenvalue weighted by Crippen LogP contribution is -2.46. The van der Waals surface area contributed by atoms with E-state index in [9.17, 15) is 0 Å². The summed E-state index contributed by atoms with van der Waals surface area (Å²) in [5, 5.41) is 3.68. The molecule has 0 aromatic rings. The summed E-state index contributed by atoms with van der Waals surface area (Å²) in [6.45, 7) is 18.2. The van der Waals surface area contributed by atoms with E-state index >= 15 is 0 Å². The Hall–Kier alpha value is -0.120. The highest BCUT2D eigenvalue weighted by atomic mass is 16.5. The summed E-state index contributed by atoms with van der Waals surface area (Å²) in [6, 6.07) is 0. The highest BCUT2D eigenvalue weighted by molar-refractivity contribution is 4.83. The molecular weight excluding hydrogens is 260 g/mol. The van der Waals surface area contributed by atoms with Crippen molar-refractivity contribution in [3.8, 4) is 0 Å². The standard InChI is InChI=1S/C18H38N2O/c1-6-10-18(5,14-19-13-16(3)4)15-20-11-8-17(9-12-20)21-7-2/h16-17,19H,6-15H2,1-5H3. The molecule has 1 N–H and O–H groups in total. The van der Waals surface area contributed by atoms with Gasteiger partial charge in [0.25, 0.3) is 0 Å². The Kier molecular flexibility index (Phi) is 8.84. The van der Waals surface area contributed by atoms with Gasteiger partial charge in [-0.25, -0.2) is 0 Å².